The van der Waals surface area contributed by atoms with E-state index in [2.05, 4.69) is 5.32 Å². The first-order valence-corrected chi connectivity index (χ1v) is 6.90. The SMILES string of the molecule is Oc1ccc2c(c1)NCC(Cc1ccc3c(c1)OCO3)O2. The van der Waals surface area contributed by atoms with Gasteiger partial charge in [-0.15, -0.1) is 0 Å². The number of phenols is 1. The lowest BCUT2D eigenvalue weighted by atomic mass is 10.1. The molecule has 2 N–H and O–H groups in total. The van der Waals surface area contributed by atoms with Gasteiger partial charge in [0.25, 0.3) is 0 Å². The number of hydrogen-bond donors (Lipinski definition) is 2. The normalized spacial score (nSPS) is 18.6. The number of aromatic hydroxyl groups is 1. The summed E-state index contributed by atoms with van der Waals surface area (Å²) in [5, 5.41) is 12.7. The summed E-state index contributed by atoms with van der Waals surface area (Å²) in [5.74, 6) is 2.59. The molecule has 2 aliphatic rings. The van der Waals surface area contributed by atoms with E-state index < -0.39 is 0 Å². The van der Waals surface area contributed by atoms with E-state index in [1.165, 1.54) is 0 Å². The maximum absolute atomic E-state index is 9.46. The Hall–Kier alpha value is -2.56. The number of nitrogens with one attached hydrogen (secondary N) is 1. The Kier molecular flexibility index (Phi) is 2.77. The molecule has 0 saturated carbocycles. The summed E-state index contributed by atoms with van der Waals surface area (Å²) in [6, 6.07) is 11.0. The van der Waals surface area contributed by atoms with Gasteiger partial charge in [-0.3, -0.25) is 0 Å². The van der Waals surface area contributed by atoms with Crippen molar-refractivity contribution >= 4 is 5.69 Å². The van der Waals surface area contributed by atoms with Crippen molar-refractivity contribution < 1.29 is 19.3 Å². The summed E-state index contributed by atoms with van der Waals surface area (Å²) in [5.41, 5.74) is 1.98. The maximum atomic E-state index is 9.46. The molecule has 0 aliphatic carbocycles. The topological polar surface area (TPSA) is 60.0 Å². The summed E-state index contributed by atoms with van der Waals surface area (Å²) in [6.45, 7) is 0.988. The minimum atomic E-state index is 0.0439. The minimum absolute atomic E-state index is 0.0439. The highest BCUT2D eigenvalue weighted by atomic mass is 16.7. The molecule has 0 amide bonds. The van der Waals surface area contributed by atoms with Crippen LogP contribution in [-0.2, 0) is 6.42 Å². The Morgan fingerprint density at radius 2 is 1.90 bits per heavy atom. The van der Waals surface area contributed by atoms with E-state index in [0.29, 0.717) is 6.54 Å². The average Bonchev–Trinajstić information content (AvgIpc) is 2.95. The molecule has 2 aliphatic heterocycles. The maximum Gasteiger partial charge on any atom is 0.231 e. The Balaban J connectivity index is 1.50. The molecule has 0 radical (unpaired) electrons. The molecule has 1 atom stereocenters. The first-order chi connectivity index (χ1) is 10.3. The van der Waals surface area contributed by atoms with Gasteiger partial charge >= 0.3 is 0 Å². The van der Waals surface area contributed by atoms with E-state index in [1.54, 1.807) is 18.2 Å². The van der Waals surface area contributed by atoms with Gasteiger partial charge in [-0.1, -0.05) is 6.07 Å². The molecule has 108 valence electrons. The van der Waals surface area contributed by atoms with Crippen LogP contribution in [0, 0.1) is 0 Å². The van der Waals surface area contributed by atoms with Gasteiger partial charge in [0.05, 0.1) is 12.2 Å². The fraction of sp³-hybridized carbons (Fsp3) is 0.250. The molecular formula is C16H15NO4. The molecule has 5 nitrogen and oxygen atoms in total. The molecule has 21 heavy (non-hydrogen) atoms. The molecule has 1 unspecified atom stereocenters. The van der Waals surface area contributed by atoms with Crippen LogP contribution in [0.25, 0.3) is 0 Å². The van der Waals surface area contributed by atoms with Gasteiger partial charge < -0.3 is 24.6 Å². The lowest BCUT2D eigenvalue weighted by Gasteiger charge is -2.27. The molecule has 0 spiro atoms. The van der Waals surface area contributed by atoms with Crippen molar-refractivity contribution in [3.8, 4) is 23.0 Å². The molecule has 0 fully saturated rings. The molecule has 2 aromatic carbocycles. The summed E-state index contributed by atoms with van der Waals surface area (Å²) in [7, 11) is 0. The lowest BCUT2D eigenvalue weighted by molar-refractivity contribution is 0.174. The van der Waals surface area contributed by atoms with Crippen LogP contribution in [0.1, 0.15) is 5.56 Å². The number of benzene rings is 2. The number of ether oxygens (including phenoxy) is 3. The summed E-state index contributed by atoms with van der Waals surface area (Å²) in [6.07, 6.45) is 0.826. The highest BCUT2D eigenvalue weighted by Gasteiger charge is 2.21. The van der Waals surface area contributed by atoms with Crippen LogP contribution < -0.4 is 19.5 Å². The number of fused-ring (bicyclic) bond motifs is 2. The van der Waals surface area contributed by atoms with Crippen molar-refractivity contribution in [1.29, 1.82) is 0 Å². The van der Waals surface area contributed by atoms with Gasteiger partial charge in [-0.25, -0.2) is 0 Å². The van der Waals surface area contributed by atoms with Gasteiger partial charge in [-0.05, 0) is 29.8 Å². The van der Waals surface area contributed by atoms with Gasteiger partial charge in [0.15, 0.2) is 11.5 Å². The fourth-order valence-electron chi connectivity index (χ4n) is 2.65. The average molecular weight is 285 g/mol. The van der Waals surface area contributed by atoms with Crippen molar-refractivity contribution in [3.05, 3.63) is 42.0 Å². The number of hydrogen-bond acceptors (Lipinski definition) is 5. The second-order valence-electron chi connectivity index (χ2n) is 5.19. The van der Waals surface area contributed by atoms with Crippen LogP contribution in [0.15, 0.2) is 36.4 Å². The summed E-state index contributed by atoms with van der Waals surface area (Å²) in [4.78, 5) is 0. The van der Waals surface area contributed by atoms with Crippen LogP contribution in [0.2, 0.25) is 0 Å². The predicted octanol–water partition coefficient (Wildman–Crippen LogP) is 2.54. The predicted molar refractivity (Wildman–Crippen MR) is 77.3 cm³/mol. The summed E-state index contributed by atoms with van der Waals surface area (Å²) < 4.78 is 16.7. The van der Waals surface area contributed by atoms with Crippen molar-refractivity contribution in [2.45, 2.75) is 12.5 Å². The Bertz CT molecular complexity index is 686. The molecule has 5 heteroatoms. The second-order valence-corrected chi connectivity index (χ2v) is 5.19. The Labute approximate surface area is 122 Å². The number of rotatable bonds is 2. The van der Waals surface area contributed by atoms with E-state index >= 15 is 0 Å². The van der Waals surface area contributed by atoms with Crippen molar-refractivity contribution in [2.24, 2.45) is 0 Å². The molecule has 0 aromatic heterocycles. The third kappa shape index (κ3) is 2.31. The van der Waals surface area contributed by atoms with E-state index in [9.17, 15) is 5.11 Å². The van der Waals surface area contributed by atoms with Crippen LogP contribution >= 0.6 is 0 Å². The third-order valence-corrected chi connectivity index (χ3v) is 3.68. The summed E-state index contributed by atoms with van der Waals surface area (Å²) >= 11 is 0. The van der Waals surface area contributed by atoms with Crippen LogP contribution in [0.4, 0.5) is 5.69 Å². The molecule has 4 rings (SSSR count). The quantitative estimate of drug-likeness (QED) is 0.888. The Morgan fingerprint density at radius 1 is 1.05 bits per heavy atom. The van der Waals surface area contributed by atoms with Crippen LogP contribution in [0.3, 0.4) is 0 Å². The zero-order valence-electron chi connectivity index (χ0n) is 11.3. The zero-order chi connectivity index (χ0) is 14.2. The van der Waals surface area contributed by atoms with Crippen LogP contribution in [0.5, 0.6) is 23.0 Å². The standard InChI is InChI=1S/C16H15NO4/c18-11-2-4-14-13(7-11)17-8-12(21-14)5-10-1-3-15-16(6-10)20-9-19-15/h1-4,6-7,12,17-18H,5,8-9H2. The monoisotopic (exact) mass is 285 g/mol. The van der Waals surface area contributed by atoms with Gasteiger partial charge in [0.2, 0.25) is 6.79 Å². The first-order valence-electron chi connectivity index (χ1n) is 6.90. The van der Waals surface area contributed by atoms with E-state index in [4.69, 9.17) is 14.2 Å². The van der Waals surface area contributed by atoms with Crippen molar-refractivity contribution in [1.82, 2.24) is 0 Å². The molecule has 0 bridgehead atoms. The minimum Gasteiger partial charge on any atom is -0.508 e. The van der Waals surface area contributed by atoms with Crippen LogP contribution in [-0.4, -0.2) is 24.5 Å². The highest BCUT2D eigenvalue weighted by Crippen LogP contribution is 2.35. The number of phenolic OH excluding ortho intramolecular Hbond substituents is 1. The fourth-order valence-corrected chi connectivity index (χ4v) is 2.65. The smallest absolute Gasteiger partial charge is 0.231 e. The zero-order valence-corrected chi connectivity index (χ0v) is 11.3. The first kappa shape index (κ1) is 12.2. The third-order valence-electron chi connectivity index (χ3n) is 3.68. The van der Waals surface area contributed by atoms with Crippen molar-refractivity contribution in [3.63, 3.8) is 0 Å². The number of anilines is 1. The molecular weight excluding hydrogens is 270 g/mol. The molecule has 2 heterocycles. The molecule has 2 aromatic rings. The van der Waals surface area contributed by atoms with Gasteiger partial charge in [0.1, 0.15) is 17.6 Å². The second kappa shape index (κ2) is 4.77. The van der Waals surface area contributed by atoms with E-state index in [0.717, 1.165) is 34.9 Å². The van der Waals surface area contributed by atoms with Gasteiger partial charge in [0, 0.05) is 12.5 Å². The molecule has 0 saturated heterocycles. The van der Waals surface area contributed by atoms with E-state index in [1.807, 2.05) is 18.2 Å². The lowest BCUT2D eigenvalue weighted by Crippen LogP contribution is -2.32. The van der Waals surface area contributed by atoms with E-state index in [-0.39, 0.29) is 18.6 Å². The van der Waals surface area contributed by atoms with Gasteiger partial charge in [-0.2, -0.15) is 0 Å². The Morgan fingerprint density at radius 3 is 2.86 bits per heavy atom. The largest absolute Gasteiger partial charge is 0.508 e. The highest BCUT2D eigenvalue weighted by molar-refractivity contribution is 5.61. The van der Waals surface area contributed by atoms with Crippen molar-refractivity contribution in [2.75, 3.05) is 18.7 Å².